The molecule has 4 nitrogen and oxygen atoms in total. The van der Waals surface area contributed by atoms with Crippen LogP contribution >= 0.6 is 12.4 Å². The molecule has 1 heterocycles. The number of benzene rings is 2. The van der Waals surface area contributed by atoms with Crippen molar-refractivity contribution in [2.45, 2.75) is 31.3 Å². The molecular formula is C23H31ClN2O2. The highest BCUT2D eigenvalue weighted by atomic mass is 35.5. The third-order valence-electron chi connectivity index (χ3n) is 5.91. The molecule has 0 spiro atoms. The Labute approximate surface area is 174 Å². The van der Waals surface area contributed by atoms with E-state index in [1.165, 1.54) is 42.4 Å². The van der Waals surface area contributed by atoms with Crippen molar-refractivity contribution in [2.75, 3.05) is 33.4 Å². The van der Waals surface area contributed by atoms with Gasteiger partial charge in [-0.05, 0) is 47.6 Å². The number of halogens is 1. The van der Waals surface area contributed by atoms with E-state index in [1.807, 2.05) is 12.1 Å². The molecule has 2 aromatic carbocycles. The number of rotatable bonds is 7. The van der Waals surface area contributed by atoms with Crippen LogP contribution in [0.2, 0.25) is 0 Å². The third-order valence-corrected chi connectivity index (χ3v) is 5.91. The zero-order valence-electron chi connectivity index (χ0n) is 16.6. The maximum Gasteiger partial charge on any atom is 0.119 e. The van der Waals surface area contributed by atoms with Gasteiger partial charge in [-0.15, -0.1) is 12.4 Å². The van der Waals surface area contributed by atoms with Gasteiger partial charge in [0.05, 0.1) is 13.7 Å². The maximum absolute atomic E-state index is 6.16. The second-order valence-corrected chi connectivity index (χ2v) is 7.73. The lowest BCUT2D eigenvalue weighted by Crippen LogP contribution is -2.50. The van der Waals surface area contributed by atoms with Gasteiger partial charge >= 0.3 is 0 Å². The van der Waals surface area contributed by atoms with E-state index in [1.54, 1.807) is 7.11 Å². The van der Waals surface area contributed by atoms with Crippen molar-refractivity contribution in [1.82, 2.24) is 10.6 Å². The maximum atomic E-state index is 6.16. The van der Waals surface area contributed by atoms with Crippen LogP contribution in [0.15, 0.2) is 48.5 Å². The average Bonchev–Trinajstić information content (AvgIpc) is 3.41. The molecule has 0 amide bonds. The van der Waals surface area contributed by atoms with Gasteiger partial charge in [0, 0.05) is 19.7 Å². The molecule has 0 bridgehead atoms. The minimum atomic E-state index is -0.272. The summed E-state index contributed by atoms with van der Waals surface area (Å²) in [5.41, 5.74) is 3.32. The van der Waals surface area contributed by atoms with Crippen LogP contribution in [0.25, 0.3) is 11.1 Å². The molecule has 0 radical (unpaired) electrons. The summed E-state index contributed by atoms with van der Waals surface area (Å²) in [7, 11) is 1.70. The molecule has 0 atom stereocenters. The molecule has 1 saturated heterocycles. The molecule has 0 unspecified atom stereocenters. The molecule has 5 heteroatoms. The molecule has 1 aliphatic carbocycles. The van der Waals surface area contributed by atoms with Crippen molar-refractivity contribution < 1.29 is 9.47 Å². The molecule has 2 aliphatic rings. The van der Waals surface area contributed by atoms with Crippen molar-refractivity contribution in [3.05, 3.63) is 54.1 Å². The summed E-state index contributed by atoms with van der Waals surface area (Å²) in [5.74, 6) is 1.63. The third kappa shape index (κ3) is 4.69. The van der Waals surface area contributed by atoms with Crippen LogP contribution < -0.4 is 15.4 Å². The van der Waals surface area contributed by atoms with Crippen LogP contribution in [-0.2, 0) is 10.4 Å². The normalized spacial score (nSPS) is 18.8. The first-order valence-corrected chi connectivity index (χ1v) is 10.1. The van der Waals surface area contributed by atoms with E-state index in [4.69, 9.17) is 9.47 Å². The number of hydrogen-bond donors (Lipinski definition) is 2. The van der Waals surface area contributed by atoms with E-state index in [-0.39, 0.29) is 18.1 Å². The van der Waals surface area contributed by atoms with E-state index >= 15 is 0 Å². The van der Waals surface area contributed by atoms with E-state index < -0.39 is 0 Å². The standard InChI is InChI=1S/C23H30N2O2.ClH/c1-26-22-8-4-7-20(15-22)19-9-11-21(12-10-19)23(24-13-14-25-23)17-27-16-18-5-2-3-6-18;/h4,7-12,15,18,24-25H,2-3,5-6,13-14,16-17H2,1H3;1H. The molecule has 0 aromatic heterocycles. The van der Waals surface area contributed by atoms with Crippen molar-refractivity contribution in [3.8, 4) is 16.9 Å². The summed E-state index contributed by atoms with van der Waals surface area (Å²) < 4.78 is 11.5. The number of hydrogen-bond acceptors (Lipinski definition) is 4. The summed E-state index contributed by atoms with van der Waals surface area (Å²) >= 11 is 0. The molecule has 152 valence electrons. The lowest BCUT2D eigenvalue weighted by Gasteiger charge is -2.31. The molecule has 1 aliphatic heterocycles. The van der Waals surface area contributed by atoms with Crippen LogP contribution in [0.1, 0.15) is 31.2 Å². The van der Waals surface area contributed by atoms with Gasteiger partial charge in [0.25, 0.3) is 0 Å². The van der Waals surface area contributed by atoms with Crippen LogP contribution in [0.5, 0.6) is 5.75 Å². The Morgan fingerprint density at radius 1 is 0.964 bits per heavy atom. The molecule has 2 fully saturated rings. The van der Waals surface area contributed by atoms with Gasteiger partial charge in [0.2, 0.25) is 0 Å². The Hall–Kier alpha value is -1.59. The van der Waals surface area contributed by atoms with Crippen molar-refractivity contribution >= 4 is 12.4 Å². The lowest BCUT2D eigenvalue weighted by atomic mass is 9.97. The smallest absolute Gasteiger partial charge is 0.119 e. The first-order valence-electron chi connectivity index (χ1n) is 10.1. The van der Waals surface area contributed by atoms with Gasteiger partial charge in [-0.25, -0.2) is 0 Å². The summed E-state index contributed by atoms with van der Waals surface area (Å²) in [4.78, 5) is 0. The van der Waals surface area contributed by atoms with Crippen LogP contribution in [0, 0.1) is 5.92 Å². The molecule has 2 N–H and O–H groups in total. The SMILES string of the molecule is COc1cccc(-c2ccc(C3(COCC4CCCC4)NCCN3)cc2)c1.Cl. The minimum absolute atomic E-state index is 0. The highest BCUT2D eigenvalue weighted by Gasteiger charge is 2.35. The fourth-order valence-corrected chi connectivity index (χ4v) is 4.31. The van der Waals surface area contributed by atoms with Crippen LogP contribution in [-0.4, -0.2) is 33.4 Å². The molecular weight excluding hydrogens is 372 g/mol. The number of ether oxygens (including phenoxy) is 2. The fourth-order valence-electron chi connectivity index (χ4n) is 4.31. The van der Waals surface area contributed by atoms with Gasteiger partial charge in [0.15, 0.2) is 0 Å². The Morgan fingerprint density at radius 2 is 1.68 bits per heavy atom. The summed E-state index contributed by atoms with van der Waals surface area (Å²) in [6.45, 7) is 3.48. The van der Waals surface area contributed by atoms with Gasteiger partial charge in [0.1, 0.15) is 11.4 Å². The second kappa shape index (κ2) is 9.75. The topological polar surface area (TPSA) is 42.5 Å². The lowest BCUT2D eigenvalue weighted by molar-refractivity contribution is 0.0443. The molecule has 4 rings (SSSR count). The van der Waals surface area contributed by atoms with Gasteiger partial charge in [-0.2, -0.15) is 0 Å². The average molecular weight is 403 g/mol. The zero-order valence-corrected chi connectivity index (χ0v) is 17.4. The monoisotopic (exact) mass is 402 g/mol. The highest BCUT2D eigenvalue weighted by molar-refractivity contribution is 5.85. The number of methoxy groups -OCH3 is 1. The Kier molecular flexibility index (Phi) is 7.36. The molecule has 1 saturated carbocycles. The van der Waals surface area contributed by atoms with Gasteiger partial charge in [-0.3, -0.25) is 10.6 Å². The first kappa shape index (κ1) is 21.1. The molecule has 28 heavy (non-hydrogen) atoms. The van der Waals surface area contributed by atoms with E-state index in [0.29, 0.717) is 6.61 Å². The molecule has 2 aromatic rings. The summed E-state index contributed by atoms with van der Waals surface area (Å²) in [6.07, 6.45) is 5.37. The zero-order chi connectivity index (χ0) is 18.5. The van der Waals surface area contributed by atoms with Crippen molar-refractivity contribution in [2.24, 2.45) is 5.92 Å². The number of nitrogens with one attached hydrogen (secondary N) is 2. The fraction of sp³-hybridized carbons (Fsp3) is 0.478. The van der Waals surface area contributed by atoms with Crippen LogP contribution in [0.3, 0.4) is 0 Å². The summed E-state index contributed by atoms with van der Waals surface area (Å²) in [5, 5.41) is 7.27. The van der Waals surface area contributed by atoms with Crippen molar-refractivity contribution in [1.29, 1.82) is 0 Å². The highest BCUT2D eigenvalue weighted by Crippen LogP contribution is 2.29. The van der Waals surface area contributed by atoms with E-state index in [2.05, 4.69) is 47.0 Å². The Balaban J connectivity index is 0.00000225. The van der Waals surface area contributed by atoms with E-state index in [9.17, 15) is 0 Å². The Bertz CT molecular complexity index is 739. The van der Waals surface area contributed by atoms with Gasteiger partial charge < -0.3 is 9.47 Å². The summed E-state index contributed by atoms with van der Waals surface area (Å²) in [6, 6.07) is 17.0. The predicted octanol–water partition coefficient (Wildman–Crippen LogP) is 4.34. The second-order valence-electron chi connectivity index (χ2n) is 7.73. The van der Waals surface area contributed by atoms with Crippen molar-refractivity contribution in [3.63, 3.8) is 0 Å². The Morgan fingerprint density at radius 3 is 2.36 bits per heavy atom. The minimum Gasteiger partial charge on any atom is -0.497 e. The van der Waals surface area contributed by atoms with E-state index in [0.717, 1.165) is 31.4 Å². The van der Waals surface area contributed by atoms with Crippen LogP contribution in [0.4, 0.5) is 0 Å². The predicted molar refractivity (Wildman–Crippen MR) is 116 cm³/mol. The quantitative estimate of drug-likeness (QED) is 0.723. The van der Waals surface area contributed by atoms with Gasteiger partial charge in [-0.1, -0.05) is 49.2 Å². The largest absolute Gasteiger partial charge is 0.497 e. The first-order chi connectivity index (χ1) is 13.3.